The van der Waals surface area contributed by atoms with E-state index < -0.39 is 11.9 Å². The number of piperazine rings is 1. The highest BCUT2D eigenvalue weighted by Crippen LogP contribution is 2.29. The molecule has 1 atom stereocenters. The summed E-state index contributed by atoms with van der Waals surface area (Å²) in [6.07, 6.45) is 0. The summed E-state index contributed by atoms with van der Waals surface area (Å²) in [6, 6.07) is 2.40. The molecule has 0 aliphatic carbocycles. The third kappa shape index (κ3) is 3.22. The van der Waals surface area contributed by atoms with Crippen molar-refractivity contribution in [3.63, 3.8) is 0 Å². The number of phenolic OH excluding ortho intramolecular Hbond substituents is 1. The molecule has 0 bridgehead atoms. The van der Waals surface area contributed by atoms with Gasteiger partial charge in [0.25, 0.3) is 0 Å². The van der Waals surface area contributed by atoms with E-state index in [9.17, 15) is 19.5 Å². The number of rotatable bonds is 3. The van der Waals surface area contributed by atoms with Crippen LogP contribution in [0, 0.1) is 0 Å². The fourth-order valence-electron chi connectivity index (χ4n) is 2.22. The molecule has 112 valence electrons. The molecule has 1 heterocycles. The van der Waals surface area contributed by atoms with Crippen molar-refractivity contribution in [2.75, 3.05) is 6.54 Å². The Bertz CT molecular complexity index is 630. The van der Waals surface area contributed by atoms with E-state index in [1.165, 1.54) is 19.1 Å². The summed E-state index contributed by atoms with van der Waals surface area (Å²) in [5.74, 6) is -1.26. The van der Waals surface area contributed by atoms with Gasteiger partial charge in [-0.1, -0.05) is 11.6 Å². The smallest absolute Gasteiger partial charge is 0.243 e. The molecule has 1 fully saturated rings. The van der Waals surface area contributed by atoms with Crippen LogP contribution >= 0.6 is 11.6 Å². The fraction of sp³-hybridized carbons (Fsp3) is 0.357. The Labute approximate surface area is 126 Å². The van der Waals surface area contributed by atoms with Crippen molar-refractivity contribution in [3.05, 3.63) is 28.3 Å². The van der Waals surface area contributed by atoms with Gasteiger partial charge in [-0.15, -0.1) is 0 Å². The number of Topliss-reactive ketones (excluding diaryl/α,β-unsaturated/α-hetero) is 1. The van der Waals surface area contributed by atoms with Crippen LogP contribution in [-0.4, -0.2) is 40.2 Å². The van der Waals surface area contributed by atoms with E-state index in [4.69, 9.17) is 11.6 Å². The zero-order valence-corrected chi connectivity index (χ0v) is 12.4. The number of phenols is 1. The van der Waals surface area contributed by atoms with E-state index in [-0.39, 0.29) is 36.1 Å². The Balaban J connectivity index is 2.33. The molecule has 0 aromatic heterocycles. The molecule has 6 nitrogen and oxygen atoms in total. The maximum Gasteiger partial charge on any atom is 0.243 e. The number of hydrogen-bond acceptors (Lipinski definition) is 5. The lowest BCUT2D eigenvalue weighted by Crippen LogP contribution is -2.56. The number of amides is 2. The molecule has 2 N–H and O–H groups in total. The van der Waals surface area contributed by atoms with E-state index in [1.54, 1.807) is 11.8 Å². The minimum Gasteiger partial charge on any atom is -0.507 e. The fourth-order valence-corrected chi connectivity index (χ4v) is 2.47. The quantitative estimate of drug-likeness (QED) is 0.645. The first-order valence-electron chi connectivity index (χ1n) is 6.39. The highest BCUT2D eigenvalue weighted by Gasteiger charge is 2.30. The van der Waals surface area contributed by atoms with Gasteiger partial charge in [0.2, 0.25) is 11.8 Å². The van der Waals surface area contributed by atoms with E-state index in [2.05, 4.69) is 5.32 Å². The molecule has 2 amide bonds. The first kappa shape index (κ1) is 15.5. The summed E-state index contributed by atoms with van der Waals surface area (Å²) in [7, 11) is 0. The first-order chi connectivity index (χ1) is 9.79. The van der Waals surface area contributed by atoms with Crippen molar-refractivity contribution in [1.29, 1.82) is 0 Å². The number of benzene rings is 1. The van der Waals surface area contributed by atoms with Crippen LogP contribution in [0.25, 0.3) is 0 Å². The Morgan fingerprint density at radius 1 is 1.48 bits per heavy atom. The number of carbonyl (C=O) groups excluding carboxylic acids is 3. The number of halogens is 1. The predicted molar refractivity (Wildman–Crippen MR) is 76.1 cm³/mol. The number of carbonyl (C=O) groups is 3. The molecule has 1 aromatic rings. The van der Waals surface area contributed by atoms with E-state index in [1.807, 2.05) is 0 Å². The molecule has 1 aliphatic heterocycles. The zero-order chi connectivity index (χ0) is 15.7. The van der Waals surface area contributed by atoms with Crippen molar-refractivity contribution in [2.24, 2.45) is 0 Å². The molecule has 1 aliphatic rings. The minimum absolute atomic E-state index is 0.0360. The van der Waals surface area contributed by atoms with Crippen molar-refractivity contribution in [3.8, 4) is 5.75 Å². The number of hydrogen-bond donors (Lipinski definition) is 2. The van der Waals surface area contributed by atoms with Crippen LogP contribution in [0.4, 0.5) is 0 Å². The van der Waals surface area contributed by atoms with Gasteiger partial charge in [-0.3, -0.25) is 24.6 Å². The molecule has 1 aromatic carbocycles. The summed E-state index contributed by atoms with van der Waals surface area (Å²) < 4.78 is 0. The topological polar surface area (TPSA) is 86.7 Å². The monoisotopic (exact) mass is 310 g/mol. The lowest BCUT2D eigenvalue weighted by molar-refractivity contribution is -0.139. The highest BCUT2D eigenvalue weighted by atomic mass is 35.5. The van der Waals surface area contributed by atoms with Gasteiger partial charge in [0.1, 0.15) is 5.75 Å². The van der Waals surface area contributed by atoms with E-state index >= 15 is 0 Å². The minimum atomic E-state index is -0.512. The van der Waals surface area contributed by atoms with Crippen LogP contribution in [0.15, 0.2) is 12.1 Å². The number of nitrogens with one attached hydrogen (secondary N) is 1. The Kier molecular flexibility index (Phi) is 4.29. The van der Waals surface area contributed by atoms with Crippen LogP contribution in [0.3, 0.4) is 0 Å². The maximum absolute atomic E-state index is 11.6. The van der Waals surface area contributed by atoms with E-state index in [0.717, 1.165) is 0 Å². The number of ketones is 1. The van der Waals surface area contributed by atoms with Crippen LogP contribution in [0.5, 0.6) is 5.75 Å². The summed E-state index contributed by atoms with van der Waals surface area (Å²) in [5.41, 5.74) is 0.528. The average molecular weight is 311 g/mol. The predicted octanol–water partition coefficient (Wildman–Crippen LogP) is 1.10. The molecule has 0 spiro atoms. The Morgan fingerprint density at radius 2 is 2.14 bits per heavy atom. The van der Waals surface area contributed by atoms with Gasteiger partial charge >= 0.3 is 0 Å². The molecule has 1 saturated heterocycles. The second-order valence-electron chi connectivity index (χ2n) is 5.01. The molecule has 7 heteroatoms. The molecule has 2 rings (SSSR count). The average Bonchev–Trinajstić information content (AvgIpc) is 2.38. The standard InChI is InChI=1S/C14H15ClN2O4/c1-7-14(21)16-12(19)6-17(7)5-9-3-10(15)4-11(8(2)18)13(9)20/h3-4,7,20H,5-6H2,1-2H3,(H,16,19,21). The summed E-state index contributed by atoms with van der Waals surface area (Å²) in [5, 5.41) is 12.7. The van der Waals surface area contributed by atoms with Crippen LogP contribution < -0.4 is 5.32 Å². The maximum atomic E-state index is 11.6. The van der Waals surface area contributed by atoms with E-state index in [0.29, 0.717) is 10.6 Å². The SMILES string of the molecule is CC(=O)c1cc(Cl)cc(CN2CC(=O)NC(=O)C2C)c1O. The molecule has 0 radical (unpaired) electrons. The molecule has 1 unspecified atom stereocenters. The van der Waals surface area contributed by atoms with Crippen LogP contribution in [0.2, 0.25) is 5.02 Å². The zero-order valence-electron chi connectivity index (χ0n) is 11.6. The third-order valence-electron chi connectivity index (χ3n) is 3.44. The Morgan fingerprint density at radius 3 is 2.76 bits per heavy atom. The van der Waals surface area contributed by atoms with Gasteiger partial charge in [-0.25, -0.2) is 0 Å². The third-order valence-corrected chi connectivity index (χ3v) is 3.66. The largest absolute Gasteiger partial charge is 0.507 e. The van der Waals surface area contributed by atoms with Crippen molar-refractivity contribution in [1.82, 2.24) is 10.2 Å². The second kappa shape index (κ2) is 5.83. The van der Waals surface area contributed by atoms with Gasteiger partial charge in [0.15, 0.2) is 5.78 Å². The molecule has 0 saturated carbocycles. The number of aromatic hydroxyl groups is 1. The summed E-state index contributed by atoms with van der Waals surface area (Å²) in [6.45, 7) is 3.17. The normalized spacial score (nSPS) is 19.5. The summed E-state index contributed by atoms with van der Waals surface area (Å²) in [4.78, 5) is 36.1. The lowest BCUT2D eigenvalue weighted by Gasteiger charge is -2.31. The first-order valence-corrected chi connectivity index (χ1v) is 6.77. The number of nitrogens with zero attached hydrogens (tertiary/aromatic N) is 1. The van der Waals surface area contributed by atoms with Gasteiger partial charge in [-0.2, -0.15) is 0 Å². The van der Waals surface area contributed by atoms with Gasteiger partial charge in [0.05, 0.1) is 18.2 Å². The van der Waals surface area contributed by atoms with Gasteiger partial charge < -0.3 is 5.11 Å². The van der Waals surface area contributed by atoms with Crippen molar-refractivity contribution < 1.29 is 19.5 Å². The van der Waals surface area contributed by atoms with Gasteiger partial charge in [0, 0.05) is 17.1 Å². The second-order valence-corrected chi connectivity index (χ2v) is 5.45. The lowest BCUT2D eigenvalue weighted by atomic mass is 10.0. The Hall–Kier alpha value is -1.92. The molecular weight excluding hydrogens is 296 g/mol. The van der Waals surface area contributed by atoms with Gasteiger partial charge in [-0.05, 0) is 26.0 Å². The molecule has 21 heavy (non-hydrogen) atoms. The highest BCUT2D eigenvalue weighted by molar-refractivity contribution is 6.31. The van der Waals surface area contributed by atoms with Crippen LogP contribution in [0.1, 0.15) is 29.8 Å². The summed E-state index contributed by atoms with van der Waals surface area (Å²) >= 11 is 5.95. The van der Waals surface area contributed by atoms with Crippen LogP contribution in [-0.2, 0) is 16.1 Å². The van der Waals surface area contributed by atoms with Crippen molar-refractivity contribution in [2.45, 2.75) is 26.4 Å². The number of imide groups is 1. The molecular formula is C14H15ClN2O4. The van der Waals surface area contributed by atoms with Crippen molar-refractivity contribution >= 4 is 29.2 Å².